The molecule has 0 heterocycles. The second-order valence-electron chi connectivity index (χ2n) is 5.89. The Labute approximate surface area is 154 Å². The molecule has 3 aromatic carbocycles. The molecule has 0 radical (unpaired) electrons. The van der Waals surface area contributed by atoms with Gasteiger partial charge >= 0.3 is 0 Å². The number of hydrogen-bond donors (Lipinski definition) is 2. The molecule has 0 saturated carbocycles. The Morgan fingerprint density at radius 3 is 2.31 bits per heavy atom. The number of aromatic hydroxyl groups is 1. The van der Waals surface area contributed by atoms with Crippen LogP contribution in [0.5, 0.6) is 17.2 Å². The highest BCUT2D eigenvalue weighted by Crippen LogP contribution is 2.29. The molecule has 0 aliphatic carbocycles. The number of hydrogen-bond acceptors (Lipinski definition) is 4. The van der Waals surface area contributed by atoms with Crippen LogP contribution in [0.25, 0.3) is 0 Å². The highest BCUT2D eigenvalue weighted by Gasteiger charge is 2.07. The standard InChI is InChI=1S/C22H23NO3/c1-2-25-22-14-18(15-23-19-9-11-20(24)12-10-19)8-13-21(22)26-16-17-6-4-3-5-7-17/h3-14,23-24H,2,15-16H2,1H3. The van der Waals surface area contributed by atoms with Gasteiger partial charge in [0.1, 0.15) is 12.4 Å². The van der Waals surface area contributed by atoms with Crippen LogP contribution in [0.1, 0.15) is 18.1 Å². The van der Waals surface area contributed by atoms with Gasteiger partial charge in [-0.25, -0.2) is 0 Å². The van der Waals surface area contributed by atoms with Gasteiger partial charge < -0.3 is 19.9 Å². The minimum atomic E-state index is 0.258. The zero-order valence-electron chi connectivity index (χ0n) is 14.8. The average molecular weight is 349 g/mol. The van der Waals surface area contributed by atoms with Gasteiger partial charge in [-0.1, -0.05) is 36.4 Å². The van der Waals surface area contributed by atoms with Crippen LogP contribution in [0.4, 0.5) is 5.69 Å². The molecule has 0 amide bonds. The first kappa shape index (κ1) is 17.7. The zero-order chi connectivity index (χ0) is 18.2. The van der Waals surface area contributed by atoms with Crippen LogP contribution in [-0.2, 0) is 13.2 Å². The van der Waals surface area contributed by atoms with Crippen molar-refractivity contribution in [1.82, 2.24) is 0 Å². The predicted molar refractivity (Wildman–Crippen MR) is 104 cm³/mol. The Kier molecular flexibility index (Phi) is 5.99. The van der Waals surface area contributed by atoms with Crippen LogP contribution < -0.4 is 14.8 Å². The van der Waals surface area contributed by atoms with E-state index < -0.39 is 0 Å². The van der Waals surface area contributed by atoms with E-state index in [0.29, 0.717) is 19.8 Å². The largest absolute Gasteiger partial charge is 0.508 e. The van der Waals surface area contributed by atoms with Gasteiger partial charge in [0.05, 0.1) is 6.61 Å². The maximum Gasteiger partial charge on any atom is 0.161 e. The van der Waals surface area contributed by atoms with Gasteiger partial charge in [-0.15, -0.1) is 0 Å². The molecule has 3 rings (SSSR count). The summed E-state index contributed by atoms with van der Waals surface area (Å²) in [5.41, 5.74) is 3.16. The lowest BCUT2D eigenvalue weighted by atomic mass is 10.2. The Hall–Kier alpha value is -3.14. The van der Waals surface area contributed by atoms with Gasteiger partial charge in [-0.3, -0.25) is 0 Å². The highest BCUT2D eigenvalue weighted by atomic mass is 16.5. The predicted octanol–water partition coefficient (Wildman–Crippen LogP) is 4.98. The van der Waals surface area contributed by atoms with E-state index in [1.165, 1.54) is 0 Å². The molecule has 0 fully saturated rings. The van der Waals surface area contributed by atoms with Crippen LogP contribution in [0.3, 0.4) is 0 Å². The summed E-state index contributed by atoms with van der Waals surface area (Å²) in [6.45, 7) is 3.70. The lowest BCUT2D eigenvalue weighted by Crippen LogP contribution is -2.03. The molecule has 4 nitrogen and oxygen atoms in total. The summed E-state index contributed by atoms with van der Waals surface area (Å²) in [7, 11) is 0. The third kappa shape index (κ3) is 4.93. The van der Waals surface area contributed by atoms with Crippen LogP contribution in [-0.4, -0.2) is 11.7 Å². The van der Waals surface area contributed by atoms with Crippen molar-refractivity contribution in [2.45, 2.75) is 20.1 Å². The normalized spacial score (nSPS) is 10.3. The maximum atomic E-state index is 9.34. The fourth-order valence-electron chi connectivity index (χ4n) is 2.57. The van der Waals surface area contributed by atoms with Crippen molar-refractivity contribution in [3.63, 3.8) is 0 Å². The van der Waals surface area contributed by atoms with Crippen molar-refractivity contribution in [2.24, 2.45) is 0 Å². The van der Waals surface area contributed by atoms with Gasteiger partial charge in [-0.05, 0) is 54.4 Å². The van der Waals surface area contributed by atoms with Crippen molar-refractivity contribution in [3.8, 4) is 17.2 Å². The molecule has 0 aromatic heterocycles. The summed E-state index contributed by atoms with van der Waals surface area (Å²) >= 11 is 0. The van der Waals surface area contributed by atoms with Crippen LogP contribution in [0.15, 0.2) is 72.8 Å². The van der Waals surface area contributed by atoms with Crippen LogP contribution >= 0.6 is 0 Å². The van der Waals surface area contributed by atoms with Crippen molar-refractivity contribution >= 4 is 5.69 Å². The van der Waals surface area contributed by atoms with E-state index in [0.717, 1.165) is 28.3 Å². The van der Waals surface area contributed by atoms with Gasteiger partial charge in [0.15, 0.2) is 11.5 Å². The molecule has 2 N–H and O–H groups in total. The Balaban J connectivity index is 1.66. The Morgan fingerprint density at radius 1 is 0.808 bits per heavy atom. The van der Waals surface area contributed by atoms with Crippen molar-refractivity contribution in [1.29, 1.82) is 0 Å². The first-order chi connectivity index (χ1) is 12.7. The summed E-state index contributed by atoms with van der Waals surface area (Å²) in [4.78, 5) is 0. The molecule has 0 bridgehead atoms. The zero-order valence-corrected chi connectivity index (χ0v) is 14.8. The summed E-state index contributed by atoms with van der Waals surface area (Å²) in [5, 5.41) is 12.7. The monoisotopic (exact) mass is 349 g/mol. The summed E-state index contributed by atoms with van der Waals surface area (Å²) in [6.07, 6.45) is 0. The first-order valence-electron chi connectivity index (χ1n) is 8.70. The second kappa shape index (κ2) is 8.81. The SMILES string of the molecule is CCOc1cc(CNc2ccc(O)cc2)ccc1OCc1ccccc1. The van der Waals surface area contributed by atoms with E-state index in [2.05, 4.69) is 5.32 Å². The van der Waals surface area contributed by atoms with E-state index in [-0.39, 0.29) is 5.75 Å². The second-order valence-corrected chi connectivity index (χ2v) is 5.89. The lowest BCUT2D eigenvalue weighted by Gasteiger charge is -2.14. The average Bonchev–Trinajstić information content (AvgIpc) is 2.68. The quantitative estimate of drug-likeness (QED) is 0.563. The van der Waals surface area contributed by atoms with Gasteiger partial charge in [0.2, 0.25) is 0 Å². The first-order valence-corrected chi connectivity index (χ1v) is 8.70. The minimum Gasteiger partial charge on any atom is -0.508 e. The fraction of sp³-hybridized carbons (Fsp3) is 0.182. The summed E-state index contributed by atoms with van der Waals surface area (Å²) in [5.74, 6) is 1.74. The van der Waals surface area contributed by atoms with E-state index in [1.807, 2.05) is 67.6 Å². The number of phenolic OH excluding ortho intramolecular Hbond substituents is 1. The molecular weight excluding hydrogens is 326 g/mol. The van der Waals surface area contributed by atoms with Crippen LogP contribution in [0.2, 0.25) is 0 Å². The minimum absolute atomic E-state index is 0.258. The van der Waals surface area contributed by atoms with Gasteiger partial charge in [0.25, 0.3) is 0 Å². The summed E-state index contributed by atoms with van der Waals surface area (Å²) < 4.78 is 11.7. The topological polar surface area (TPSA) is 50.7 Å². The van der Waals surface area contributed by atoms with E-state index in [9.17, 15) is 5.11 Å². The van der Waals surface area contributed by atoms with Crippen molar-refractivity contribution < 1.29 is 14.6 Å². The molecule has 3 aromatic rings. The maximum absolute atomic E-state index is 9.34. The Morgan fingerprint density at radius 2 is 1.58 bits per heavy atom. The molecule has 0 atom stereocenters. The van der Waals surface area contributed by atoms with Crippen molar-refractivity contribution in [2.75, 3.05) is 11.9 Å². The lowest BCUT2D eigenvalue weighted by molar-refractivity contribution is 0.269. The van der Waals surface area contributed by atoms with Crippen molar-refractivity contribution in [3.05, 3.63) is 83.9 Å². The number of benzene rings is 3. The number of anilines is 1. The van der Waals surface area contributed by atoms with Crippen LogP contribution in [0, 0.1) is 0 Å². The smallest absolute Gasteiger partial charge is 0.161 e. The molecule has 26 heavy (non-hydrogen) atoms. The van der Waals surface area contributed by atoms with E-state index in [4.69, 9.17) is 9.47 Å². The third-order valence-electron chi connectivity index (χ3n) is 3.91. The molecule has 0 spiro atoms. The fourth-order valence-corrected chi connectivity index (χ4v) is 2.57. The van der Waals surface area contributed by atoms with E-state index >= 15 is 0 Å². The molecule has 134 valence electrons. The number of rotatable bonds is 8. The third-order valence-corrected chi connectivity index (χ3v) is 3.91. The Bertz CT molecular complexity index is 817. The number of phenols is 1. The van der Waals surface area contributed by atoms with E-state index in [1.54, 1.807) is 12.1 Å². The molecular formula is C22H23NO3. The molecule has 4 heteroatoms. The molecule has 0 aliphatic rings. The highest BCUT2D eigenvalue weighted by molar-refractivity contribution is 5.48. The number of ether oxygens (including phenoxy) is 2. The van der Waals surface area contributed by atoms with Gasteiger partial charge in [0, 0.05) is 12.2 Å². The molecule has 0 aliphatic heterocycles. The molecule has 0 saturated heterocycles. The van der Waals surface area contributed by atoms with Gasteiger partial charge in [-0.2, -0.15) is 0 Å². The number of nitrogens with one attached hydrogen (secondary N) is 1. The molecule has 0 unspecified atom stereocenters. The summed E-state index contributed by atoms with van der Waals surface area (Å²) in [6, 6.07) is 23.0.